The lowest BCUT2D eigenvalue weighted by Crippen LogP contribution is -2.48. The SMILES string of the molecule is CCCCCCOc1ccc(C(=O)NNC(=S)NC(=O)C=Cc2ccccc2OC)cc1. The first-order valence-corrected chi connectivity index (χ1v) is 10.9. The van der Waals surface area contributed by atoms with Gasteiger partial charge in [-0.1, -0.05) is 44.4 Å². The van der Waals surface area contributed by atoms with Gasteiger partial charge in [-0.15, -0.1) is 0 Å². The summed E-state index contributed by atoms with van der Waals surface area (Å²) in [5.41, 5.74) is 6.15. The van der Waals surface area contributed by atoms with Gasteiger partial charge in [0.05, 0.1) is 13.7 Å². The number of hydrazine groups is 1. The molecule has 8 heteroatoms. The van der Waals surface area contributed by atoms with Gasteiger partial charge in [0.25, 0.3) is 5.91 Å². The molecule has 0 unspecified atom stereocenters. The van der Waals surface area contributed by atoms with Gasteiger partial charge in [0.15, 0.2) is 5.11 Å². The Morgan fingerprint density at radius 2 is 1.75 bits per heavy atom. The molecule has 32 heavy (non-hydrogen) atoms. The fourth-order valence-corrected chi connectivity index (χ4v) is 2.91. The number of carbonyl (C=O) groups is 2. The van der Waals surface area contributed by atoms with E-state index in [1.54, 1.807) is 43.5 Å². The van der Waals surface area contributed by atoms with E-state index < -0.39 is 5.91 Å². The minimum Gasteiger partial charge on any atom is -0.496 e. The van der Waals surface area contributed by atoms with Gasteiger partial charge in [-0.05, 0) is 55.0 Å². The third-order valence-electron chi connectivity index (χ3n) is 4.46. The number of unbranched alkanes of at least 4 members (excludes halogenated alkanes) is 3. The highest BCUT2D eigenvalue weighted by atomic mass is 32.1. The number of hydrogen-bond donors (Lipinski definition) is 3. The molecule has 0 heterocycles. The Balaban J connectivity index is 1.74. The summed E-state index contributed by atoms with van der Waals surface area (Å²) in [4.78, 5) is 24.3. The van der Waals surface area contributed by atoms with E-state index in [9.17, 15) is 9.59 Å². The van der Waals surface area contributed by atoms with Crippen LogP contribution in [0.25, 0.3) is 6.08 Å². The first kappa shape index (κ1) is 24.9. The number of para-hydroxylation sites is 1. The third-order valence-corrected chi connectivity index (χ3v) is 4.67. The van der Waals surface area contributed by atoms with Crippen molar-refractivity contribution in [1.29, 1.82) is 0 Å². The molecular formula is C24H29N3O4S. The molecule has 0 aromatic heterocycles. The molecule has 0 aliphatic carbocycles. The molecule has 0 atom stereocenters. The Labute approximate surface area is 194 Å². The molecule has 0 aliphatic rings. The summed E-state index contributed by atoms with van der Waals surface area (Å²) in [5.74, 6) is 0.539. The van der Waals surface area contributed by atoms with E-state index in [0.29, 0.717) is 17.9 Å². The zero-order chi connectivity index (χ0) is 23.2. The molecule has 2 aromatic rings. The first-order valence-electron chi connectivity index (χ1n) is 10.5. The van der Waals surface area contributed by atoms with E-state index in [0.717, 1.165) is 24.2 Å². The zero-order valence-electron chi connectivity index (χ0n) is 18.4. The number of methoxy groups -OCH3 is 1. The maximum absolute atomic E-state index is 12.2. The summed E-state index contributed by atoms with van der Waals surface area (Å²) in [6, 6.07) is 14.1. The summed E-state index contributed by atoms with van der Waals surface area (Å²) < 4.78 is 10.9. The van der Waals surface area contributed by atoms with E-state index in [1.165, 1.54) is 18.9 Å². The smallest absolute Gasteiger partial charge is 0.269 e. The van der Waals surface area contributed by atoms with E-state index in [4.69, 9.17) is 21.7 Å². The molecule has 0 aliphatic heterocycles. The second-order valence-electron chi connectivity index (χ2n) is 6.91. The number of amides is 2. The van der Waals surface area contributed by atoms with Crippen LogP contribution in [0.2, 0.25) is 0 Å². The van der Waals surface area contributed by atoms with E-state index in [1.807, 2.05) is 18.2 Å². The van der Waals surface area contributed by atoms with Crippen molar-refractivity contribution in [2.45, 2.75) is 32.6 Å². The normalized spacial score (nSPS) is 10.4. The van der Waals surface area contributed by atoms with Crippen molar-refractivity contribution >= 4 is 35.2 Å². The van der Waals surface area contributed by atoms with Gasteiger partial charge in [-0.25, -0.2) is 0 Å². The van der Waals surface area contributed by atoms with Crippen molar-refractivity contribution in [3.8, 4) is 11.5 Å². The molecule has 0 spiro atoms. The van der Waals surface area contributed by atoms with Crippen LogP contribution >= 0.6 is 12.2 Å². The molecular weight excluding hydrogens is 426 g/mol. The number of hydrogen-bond acceptors (Lipinski definition) is 5. The lowest BCUT2D eigenvalue weighted by atomic mass is 10.2. The largest absolute Gasteiger partial charge is 0.496 e. The Kier molecular flexibility index (Phi) is 10.7. The standard InChI is InChI=1S/C24H29N3O4S/c1-3-4-5-8-17-31-20-14-11-19(12-15-20)23(29)26-27-24(32)25-22(28)16-13-18-9-6-7-10-21(18)30-2/h6-7,9-16H,3-5,8,17H2,1-2H3,(H,26,29)(H2,25,27,28,32). The topological polar surface area (TPSA) is 88.7 Å². The predicted molar refractivity (Wildman–Crippen MR) is 129 cm³/mol. The maximum atomic E-state index is 12.2. The lowest BCUT2D eigenvalue weighted by molar-refractivity contribution is -0.115. The molecule has 7 nitrogen and oxygen atoms in total. The second kappa shape index (κ2) is 13.8. The number of rotatable bonds is 10. The molecule has 0 saturated heterocycles. The molecule has 2 amide bonds. The second-order valence-corrected chi connectivity index (χ2v) is 7.31. The van der Waals surface area contributed by atoms with Crippen molar-refractivity contribution in [2.75, 3.05) is 13.7 Å². The van der Waals surface area contributed by atoms with Crippen LogP contribution in [0, 0.1) is 0 Å². The van der Waals surface area contributed by atoms with Crippen LogP contribution in [0.3, 0.4) is 0 Å². The van der Waals surface area contributed by atoms with Crippen molar-refractivity contribution < 1.29 is 19.1 Å². The number of benzene rings is 2. The van der Waals surface area contributed by atoms with E-state index >= 15 is 0 Å². The Morgan fingerprint density at radius 3 is 2.47 bits per heavy atom. The monoisotopic (exact) mass is 455 g/mol. The minimum absolute atomic E-state index is 0.0277. The van der Waals surface area contributed by atoms with Gasteiger partial charge in [-0.2, -0.15) is 0 Å². The molecule has 0 saturated carbocycles. The van der Waals surface area contributed by atoms with Crippen LogP contribution in [0.1, 0.15) is 48.5 Å². The van der Waals surface area contributed by atoms with Crippen LogP contribution in [0.15, 0.2) is 54.6 Å². The van der Waals surface area contributed by atoms with Gasteiger partial charge >= 0.3 is 0 Å². The zero-order valence-corrected chi connectivity index (χ0v) is 19.2. The summed E-state index contributed by atoms with van der Waals surface area (Å²) in [5, 5.41) is 2.43. The quantitative estimate of drug-likeness (QED) is 0.217. The number of nitrogens with one attached hydrogen (secondary N) is 3. The molecule has 3 N–H and O–H groups in total. The van der Waals surface area contributed by atoms with Crippen LogP contribution in [-0.4, -0.2) is 30.6 Å². The Bertz CT molecular complexity index is 929. The summed E-state index contributed by atoms with van der Waals surface area (Å²) in [6.07, 6.45) is 7.49. The van der Waals surface area contributed by atoms with Crippen molar-refractivity contribution in [1.82, 2.24) is 16.2 Å². The van der Waals surface area contributed by atoms with E-state index in [-0.39, 0.29) is 11.0 Å². The van der Waals surface area contributed by atoms with Crippen LogP contribution < -0.4 is 25.6 Å². The number of thiocarbonyl (C=S) groups is 1. The highest BCUT2D eigenvalue weighted by Crippen LogP contribution is 2.18. The fraction of sp³-hybridized carbons (Fsp3) is 0.292. The number of ether oxygens (including phenoxy) is 2. The van der Waals surface area contributed by atoms with Crippen molar-refractivity contribution in [2.24, 2.45) is 0 Å². The maximum Gasteiger partial charge on any atom is 0.269 e. The number of carbonyl (C=O) groups excluding carboxylic acids is 2. The van der Waals surface area contributed by atoms with Crippen LogP contribution in [0.4, 0.5) is 0 Å². The average molecular weight is 456 g/mol. The van der Waals surface area contributed by atoms with Gasteiger partial charge in [0.1, 0.15) is 11.5 Å². The van der Waals surface area contributed by atoms with Crippen LogP contribution in [0.5, 0.6) is 11.5 Å². The van der Waals surface area contributed by atoms with Gasteiger partial charge in [0.2, 0.25) is 5.91 Å². The highest BCUT2D eigenvalue weighted by molar-refractivity contribution is 7.80. The Morgan fingerprint density at radius 1 is 1.00 bits per heavy atom. The summed E-state index contributed by atoms with van der Waals surface area (Å²) in [6.45, 7) is 2.83. The van der Waals surface area contributed by atoms with Crippen LogP contribution in [-0.2, 0) is 4.79 Å². The Hall–Kier alpha value is -3.39. The van der Waals surface area contributed by atoms with Gasteiger partial charge in [0, 0.05) is 17.2 Å². The van der Waals surface area contributed by atoms with Crippen molar-refractivity contribution in [3.63, 3.8) is 0 Å². The summed E-state index contributed by atoms with van der Waals surface area (Å²) >= 11 is 5.04. The summed E-state index contributed by atoms with van der Waals surface area (Å²) in [7, 11) is 1.56. The molecule has 0 bridgehead atoms. The van der Waals surface area contributed by atoms with Crippen molar-refractivity contribution in [3.05, 3.63) is 65.7 Å². The van der Waals surface area contributed by atoms with Gasteiger partial charge < -0.3 is 9.47 Å². The lowest BCUT2D eigenvalue weighted by Gasteiger charge is -2.10. The fourth-order valence-electron chi connectivity index (χ4n) is 2.76. The first-order chi connectivity index (χ1) is 15.5. The molecule has 0 radical (unpaired) electrons. The minimum atomic E-state index is -0.442. The third kappa shape index (κ3) is 8.77. The predicted octanol–water partition coefficient (Wildman–Crippen LogP) is 4.00. The van der Waals surface area contributed by atoms with Gasteiger partial charge in [-0.3, -0.25) is 25.8 Å². The average Bonchev–Trinajstić information content (AvgIpc) is 2.81. The highest BCUT2D eigenvalue weighted by Gasteiger charge is 2.07. The molecule has 2 aromatic carbocycles. The molecule has 170 valence electrons. The van der Waals surface area contributed by atoms with E-state index in [2.05, 4.69) is 23.1 Å². The molecule has 0 fully saturated rings. The molecule has 2 rings (SSSR count).